The van der Waals surface area contributed by atoms with E-state index in [4.69, 9.17) is 0 Å². The number of aromatic nitrogens is 1. The van der Waals surface area contributed by atoms with Gasteiger partial charge in [0.05, 0.1) is 0 Å². The molecule has 0 atom stereocenters. The van der Waals surface area contributed by atoms with Crippen LogP contribution in [0.25, 0.3) is 10.8 Å². The predicted molar refractivity (Wildman–Crippen MR) is 58.7 cm³/mol. The summed E-state index contributed by atoms with van der Waals surface area (Å²) in [5.41, 5.74) is 2.38. The molecule has 0 saturated carbocycles. The third kappa shape index (κ3) is 1.33. The van der Waals surface area contributed by atoms with Crippen molar-refractivity contribution in [1.29, 1.82) is 0 Å². The van der Waals surface area contributed by atoms with Crippen LogP contribution in [-0.4, -0.2) is 4.98 Å². The lowest BCUT2D eigenvalue weighted by Gasteiger charge is -2.03. The molecule has 0 bridgehead atoms. The molecule has 1 aromatic heterocycles. The zero-order valence-corrected chi connectivity index (χ0v) is 8.42. The van der Waals surface area contributed by atoms with Crippen molar-refractivity contribution in [2.24, 2.45) is 0 Å². The summed E-state index contributed by atoms with van der Waals surface area (Å²) in [4.78, 5) is 14.2. The summed E-state index contributed by atoms with van der Waals surface area (Å²) in [5.74, 6) is 0. The van der Waals surface area contributed by atoms with Gasteiger partial charge in [-0.15, -0.1) is 0 Å². The topological polar surface area (TPSA) is 32.9 Å². The Balaban J connectivity index is 2.87. The molecule has 72 valence electrons. The molecule has 0 amide bonds. The molecule has 1 heterocycles. The number of hydrogen-bond acceptors (Lipinski definition) is 1. The number of rotatable bonds is 1. The molecule has 0 spiro atoms. The van der Waals surface area contributed by atoms with Crippen molar-refractivity contribution in [2.75, 3.05) is 0 Å². The normalized spacial score (nSPS) is 10.7. The number of fused-ring (bicyclic) bond motifs is 1. The smallest absolute Gasteiger partial charge is 0.255 e. The quantitative estimate of drug-likeness (QED) is 0.730. The Labute approximate surface area is 82.6 Å². The van der Waals surface area contributed by atoms with Crippen LogP contribution >= 0.6 is 0 Å². The van der Waals surface area contributed by atoms with Gasteiger partial charge < -0.3 is 4.98 Å². The Morgan fingerprint density at radius 1 is 1.29 bits per heavy atom. The van der Waals surface area contributed by atoms with Gasteiger partial charge in [0.25, 0.3) is 5.56 Å². The van der Waals surface area contributed by atoms with E-state index in [1.165, 1.54) is 5.56 Å². The summed E-state index contributed by atoms with van der Waals surface area (Å²) in [7, 11) is 0. The monoisotopic (exact) mass is 187 g/mol. The van der Waals surface area contributed by atoms with Gasteiger partial charge in [-0.25, -0.2) is 0 Å². The summed E-state index contributed by atoms with van der Waals surface area (Å²) in [6.45, 7) is 4.13. The first-order chi connectivity index (χ1) is 6.72. The molecule has 1 aromatic carbocycles. The Morgan fingerprint density at radius 2 is 2.07 bits per heavy atom. The number of hydrogen-bond donors (Lipinski definition) is 1. The summed E-state index contributed by atoms with van der Waals surface area (Å²) in [6.07, 6.45) is 2.77. The van der Waals surface area contributed by atoms with Gasteiger partial charge in [0.2, 0.25) is 0 Å². The van der Waals surface area contributed by atoms with Crippen LogP contribution in [0, 0.1) is 6.92 Å². The second kappa shape index (κ2) is 3.29. The predicted octanol–water partition coefficient (Wildman–Crippen LogP) is 2.40. The molecule has 2 rings (SSSR count). The Hall–Kier alpha value is -1.57. The molecular weight excluding hydrogens is 174 g/mol. The second-order valence-corrected chi connectivity index (χ2v) is 3.53. The second-order valence-electron chi connectivity index (χ2n) is 3.53. The molecule has 0 saturated heterocycles. The van der Waals surface area contributed by atoms with Crippen molar-refractivity contribution < 1.29 is 0 Å². The molecular formula is C12H13NO. The van der Waals surface area contributed by atoms with Crippen LogP contribution in [0.15, 0.2) is 29.2 Å². The highest BCUT2D eigenvalue weighted by molar-refractivity contribution is 5.84. The van der Waals surface area contributed by atoms with E-state index in [0.717, 1.165) is 22.8 Å². The number of pyridine rings is 1. The maximum absolute atomic E-state index is 11.5. The number of benzene rings is 1. The molecule has 14 heavy (non-hydrogen) atoms. The lowest BCUT2D eigenvalue weighted by atomic mass is 10.0. The SMILES string of the molecule is CCc1ccc2c(=O)[nH]cc(C)c2c1. The van der Waals surface area contributed by atoms with E-state index in [2.05, 4.69) is 18.0 Å². The van der Waals surface area contributed by atoms with Crippen molar-refractivity contribution in [3.63, 3.8) is 0 Å². The van der Waals surface area contributed by atoms with Crippen molar-refractivity contribution in [1.82, 2.24) is 4.98 Å². The number of nitrogens with one attached hydrogen (secondary N) is 1. The summed E-state index contributed by atoms with van der Waals surface area (Å²) < 4.78 is 0. The minimum atomic E-state index is -0.00625. The van der Waals surface area contributed by atoms with E-state index in [-0.39, 0.29) is 5.56 Å². The first-order valence-electron chi connectivity index (χ1n) is 4.83. The first-order valence-corrected chi connectivity index (χ1v) is 4.83. The highest BCUT2D eigenvalue weighted by atomic mass is 16.1. The Bertz CT molecular complexity index is 525. The number of aryl methyl sites for hydroxylation is 2. The lowest BCUT2D eigenvalue weighted by molar-refractivity contribution is 1.14. The van der Waals surface area contributed by atoms with Crippen molar-refractivity contribution >= 4 is 10.8 Å². The molecule has 1 N–H and O–H groups in total. The van der Waals surface area contributed by atoms with Gasteiger partial charge in [0.15, 0.2) is 0 Å². The van der Waals surface area contributed by atoms with E-state index < -0.39 is 0 Å². The fraction of sp³-hybridized carbons (Fsp3) is 0.250. The van der Waals surface area contributed by atoms with E-state index in [1.807, 2.05) is 19.1 Å². The molecule has 0 aliphatic rings. The van der Waals surface area contributed by atoms with Gasteiger partial charge in [-0.2, -0.15) is 0 Å². The Morgan fingerprint density at radius 3 is 2.79 bits per heavy atom. The summed E-state index contributed by atoms with van der Waals surface area (Å²) in [6, 6.07) is 6.01. The largest absolute Gasteiger partial charge is 0.328 e. The standard InChI is InChI=1S/C12H13NO/c1-3-9-4-5-10-11(6-9)8(2)7-13-12(10)14/h4-7H,3H2,1-2H3,(H,13,14). The minimum absolute atomic E-state index is 0.00625. The van der Waals surface area contributed by atoms with Gasteiger partial charge in [0, 0.05) is 11.6 Å². The van der Waals surface area contributed by atoms with E-state index >= 15 is 0 Å². The van der Waals surface area contributed by atoms with Crippen molar-refractivity contribution in [2.45, 2.75) is 20.3 Å². The Kier molecular flexibility index (Phi) is 2.12. The van der Waals surface area contributed by atoms with Gasteiger partial charge in [0.1, 0.15) is 0 Å². The van der Waals surface area contributed by atoms with Crippen LogP contribution in [0.4, 0.5) is 0 Å². The number of aromatic amines is 1. The average Bonchev–Trinajstić information content (AvgIpc) is 2.23. The fourth-order valence-corrected chi connectivity index (χ4v) is 1.66. The van der Waals surface area contributed by atoms with Gasteiger partial charge in [-0.1, -0.05) is 19.1 Å². The zero-order chi connectivity index (χ0) is 10.1. The molecule has 2 heteroatoms. The maximum atomic E-state index is 11.5. The lowest BCUT2D eigenvalue weighted by Crippen LogP contribution is -2.06. The molecule has 0 unspecified atom stereocenters. The van der Waals surface area contributed by atoms with Gasteiger partial charge in [-0.3, -0.25) is 4.79 Å². The third-order valence-corrected chi connectivity index (χ3v) is 2.58. The van der Waals surface area contributed by atoms with Gasteiger partial charge >= 0.3 is 0 Å². The van der Waals surface area contributed by atoms with Crippen molar-refractivity contribution in [3.05, 3.63) is 45.9 Å². The van der Waals surface area contributed by atoms with Crippen LogP contribution in [-0.2, 0) is 6.42 Å². The van der Waals surface area contributed by atoms with Crippen LogP contribution in [0.3, 0.4) is 0 Å². The highest BCUT2D eigenvalue weighted by Gasteiger charge is 2.01. The highest BCUT2D eigenvalue weighted by Crippen LogP contribution is 2.16. The average molecular weight is 187 g/mol. The number of H-pyrrole nitrogens is 1. The summed E-state index contributed by atoms with van der Waals surface area (Å²) >= 11 is 0. The maximum Gasteiger partial charge on any atom is 0.255 e. The van der Waals surface area contributed by atoms with E-state index in [0.29, 0.717) is 0 Å². The molecule has 2 nitrogen and oxygen atoms in total. The molecule has 2 aromatic rings. The van der Waals surface area contributed by atoms with Crippen LogP contribution < -0.4 is 5.56 Å². The first kappa shape index (κ1) is 9.00. The fourth-order valence-electron chi connectivity index (χ4n) is 1.66. The molecule has 0 aliphatic carbocycles. The van der Waals surface area contributed by atoms with Crippen molar-refractivity contribution in [3.8, 4) is 0 Å². The van der Waals surface area contributed by atoms with Crippen LogP contribution in [0.2, 0.25) is 0 Å². The molecule has 0 radical (unpaired) electrons. The molecule has 0 fully saturated rings. The van der Waals surface area contributed by atoms with Crippen LogP contribution in [0.5, 0.6) is 0 Å². The van der Waals surface area contributed by atoms with Crippen LogP contribution in [0.1, 0.15) is 18.1 Å². The summed E-state index contributed by atoms with van der Waals surface area (Å²) in [5, 5.41) is 1.84. The minimum Gasteiger partial charge on any atom is -0.328 e. The van der Waals surface area contributed by atoms with E-state index in [9.17, 15) is 4.79 Å². The molecule has 0 aliphatic heterocycles. The van der Waals surface area contributed by atoms with Gasteiger partial charge in [-0.05, 0) is 35.9 Å². The third-order valence-electron chi connectivity index (χ3n) is 2.58. The zero-order valence-electron chi connectivity index (χ0n) is 8.42. The van der Waals surface area contributed by atoms with E-state index in [1.54, 1.807) is 6.20 Å².